The lowest BCUT2D eigenvalue weighted by Gasteiger charge is -2.10. The summed E-state index contributed by atoms with van der Waals surface area (Å²) in [6, 6.07) is 11.4. The standard InChI is InChI=1S/C16H17N5/c1-2-18-14-9-15(21-16(20-14)12-5-6-12)19-13-7-3-11(10-17)4-8-13/h3-4,7-9,12H,2,5-6H2,1H3,(H2,18,19,20,21). The smallest absolute Gasteiger partial charge is 0.136 e. The molecule has 2 aromatic rings. The van der Waals surface area contributed by atoms with Gasteiger partial charge in [0.05, 0.1) is 11.6 Å². The molecule has 1 aromatic heterocycles. The van der Waals surface area contributed by atoms with Crippen LogP contribution in [0.5, 0.6) is 0 Å². The molecule has 1 aliphatic rings. The quantitative estimate of drug-likeness (QED) is 0.877. The fourth-order valence-electron chi connectivity index (χ4n) is 2.10. The molecule has 0 radical (unpaired) electrons. The van der Waals surface area contributed by atoms with Crippen LogP contribution < -0.4 is 10.6 Å². The highest BCUT2D eigenvalue weighted by Gasteiger charge is 2.27. The van der Waals surface area contributed by atoms with Gasteiger partial charge in [-0.05, 0) is 44.0 Å². The number of nitrogens with one attached hydrogen (secondary N) is 2. The van der Waals surface area contributed by atoms with E-state index >= 15 is 0 Å². The van der Waals surface area contributed by atoms with Gasteiger partial charge in [-0.3, -0.25) is 0 Å². The van der Waals surface area contributed by atoms with Gasteiger partial charge in [-0.1, -0.05) is 0 Å². The summed E-state index contributed by atoms with van der Waals surface area (Å²) < 4.78 is 0. The van der Waals surface area contributed by atoms with Gasteiger partial charge in [-0.2, -0.15) is 5.26 Å². The fraction of sp³-hybridized carbons (Fsp3) is 0.312. The predicted octanol–water partition coefficient (Wildman–Crippen LogP) is 3.40. The summed E-state index contributed by atoms with van der Waals surface area (Å²) in [6.45, 7) is 2.88. The molecule has 2 N–H and O–H groups in total. The normalized spacial score (nSPS) is 13.5. The molecule has 106 valence electrons. The van der Waals surface area contributed by atoms with Crippen molar-refractivity contribution < 1.29 is 0 Å². The maximum atomic E-state index is 8.82. The van der Waals surface area contributed by atoms with Gasteiger partial charge in [0, 0.05) is 24.2 Å². The van der Waals surface area contributed by atoms with Gasteiger partial charge in [-0.15, -0.1) is 0 Å². The number of hydrogen-bond acceptors (Lipinski definition) is 5. The second-order valence-corrected chi connectivity index (χ2v) is 5.12. The first-order valence-electron chi connectivity index (χ1n) is 7.18. The van der Waals surface area contributed by atoms with E-state index in [4.69, 9.17) is 5.26 Å². The maximum absolute atomic E-state index is 8.82. The molecule has 5 nitrogen and oxygen atoms in total. The first-order valence-corrected chi connectivity index (χ1v) is 7.18. The summed E-state index contributed by atoms with van der Waals surface area (Å²) in [5, 5.41) is 15.3. The molecule has 0 amide bonds. The third-order valence-corrected chi connectivity index (χ3v) is 3.33. The summed E-state index contributed by atoms with van der Waals surface area (Å²) in [7, 11) is 0. The lowest BCUT2D eigenvalue weighted by molar-refractivity contribution is 0.927. The Bertz CT molecular complexity index is 668. The Morgan fingerprint density at radius 3 is 2.52 bits per heavy atom. The molecule has 21 heavy (non-hydrogen) atoms. The fourth-order valence-corrected chi connectivity index (χ4v) is 2.10. The monoisotopic (exact) mass is 279 g/mol. The Morgan fingerprint density at radius 2 is 1.90 bits per heavy atom. The van der Waals surface area contributed by atoms with Crippen molar-refractivity contribution in [3.8, 4) is 6.07 Å². The molecule has 5 heteroatoms. The van der Waals surface area contributed by atoms with E-state index in [1.807, 2.05) is 25.1 Å². The minimum atomic E-state index is 0.505. The van der Waals surface area contributed by atoms with E-state index in [1.165, 1.54) is 12.8 Å². The van der Waals surface area contributed by atoms with Crippen LogP contribution in [0.25, 0.3) is 0 Å². The number of nitrogens with zero attached hydrogens (tertiary/aromatic N) is 3. The van der Waals surface area contributed by atoms with Crippen LogP contribution in [0.1, 0.15) is 37.1 Å². The van der Waals surface area contributed by atoms with E-state index < -0.39 is 0 Å². The molecule has 1 aliphatic carbocycles. The topological polar surface area (TPSA) is 73.6 Å². The summed E-state index contributed by atoms with van der Waals surface area (Å²) in [4.78, 5) is 9.14. The molecule has 0 unspecified atom stereocenters. The van der Waals surface area contributed by atoms with Crippen molar-refractivity contribution in [2.45, 2.75) is 25.7 Å². The molecule has 0 bridgehead atoms. The number of aromatic nitrogens is 2. The summed E-state index contributed by atoms with van der Waals surface area (Å²) in [5.41, 5.74) is 1.56. The average molecular weight is 279 g/mol. The molecule has 1 heterocycles. The van der Waals surface area contributed by atoms with Crippen molar-refractivity contribution in [3.05, 3.63) is 41.7 Å². The molecule has 0 aliphatic heterocycles. The second kappa shape index (κ2) is 5.80. The number of nitriles is 1. The Hall–Kier alpha value is -2.61. The Morgan fingerprint density at radius 1 is 1.19 bits per heavy atom. The highest BCUT2D eigenvalue weighted by Crippen LogP contribution is 2.39. The molecule has 1 fully saturated rings. The second-order valence-electron chi connectivity index (χ2n) is 5.12. The lowest BCUT2D eigenvalue weighted by atomic mass is 10.2. The molecular formula is C16H17N5. The van der Waals surface area contributed by atoms with Crippen LogP contribution in [0.2, 0.25) is 0 Å². The molecule has 0 atom stereocenters. The van der Waals surface area contributed by atoms with Gasteiger partial charge >= 0.3 is 0 Å². The first-order chi connectivity index (χ1) is 10.3. The molecule has 1 saturated carbocycles. The van der Waals surface area contributed by atoms with Crippen LogP contribution in [0.4, 0.5) is 17.3 Å². The summed E-state index contributed by atoms with van der Waals surface area (Å²) >= 11 is 0. The van der Waals surface area contributed by atoms with Crippen molar-refractivity contribution in [1.82, 2.24) is 9.97 Å². The van der Waals surface area contributed by atoms with E-state index in [0.717, 1.165) is 29.7 Å². The van der Waals surface area contributed by atoms with Gasteiger partial charge in [0.15, 0.2) is 0 Å². The van der Waals surface area contributed by atoms with Crippen LogP contribution in [0, 0.1) is 11.3 Å². The van der Waals surface area contributed by atoms with E-state index in [0.29, 0.717) is 11.5 Å². The van der Waals surface area contributed by atoms with Crippen molar-refractivity contribution >= 4 is 17.3 Å². The number of hydrogen-bond donors (Lipinski definition) is 2. The number of anilines is 3. The van der Waals surface area contributed by atoms with Crippen molar-refractivity contribution in [2.24, 2.45) is 0 Å². The molecule has 1 aromatic carbocycles. The Labute approximate surface area is 124 Å². The third-order valence-electron chi connectivity index (χ3n) is 3.33. The number of benzene rings is 1. The highest BCUT2D eigenvalue weighted by molar-refractivity contribution is 5.60. The largest absolute Gasteiger partial charge is 0.370 e. The van der Waals surface area contributed by atoms with Crippen LogP contribution >= 0.6 is 0 Å². The Balaban J connectivity index is 1.84. The SMILES string of the molecule is CCNc1cc(Nc2ccc(C#N)cc2)nc(C2CC2)n1. The van der Waals surface area contributed by atoms with E-state index in [1.54, 1.807) is 12.1 Å². The first kappa shape index (κ1) is 13.4. The predicted molar refractivity (Wildman–Crippen MR) is 82.6 cm³/mol. The molecular weight excluding hydrogens is 262 g/mol. The minimum absolute atomic E-state index is 0.505. The van der Waals surface area contributed by atoms with Crippen molar-refractivity contribution in [1.29, 1.82) is 5.26 Å². The Kier molecular flexibility index (Phi) is 3.69. The molecule has 0 saturated heterocycles. The maximum Gasteiger partial charge on any atom is 0.136 e. The third kappa shape index (κ3) is 3.29. The van der Waals surface area contributed by atoms with Crippen LogP contribution in [0.15, 0.2) is 30.3 Å². The summed E-state index contributed by atoms with van der Waals surface area (Å²) in [6.07, 6.45) is 2.35. The molecule has 3 rings (SSSR count). The lowest BCUT2D eigenvalue weighted by Crippen LogP contribution is -2.05. The van der Waals surface area contributed by atoms with E-state index in [-0.39, 0.29) is 0 Å². The average Bonchev–Trinajstić information content (AvgIpc) is 3.33. The highest BCUT2D eigenvalue weighted by atomic mass is 15.1. The zero-order chi connectivity index (χ0) is 14.7. The number of rotatable bonds is 5. The minimum Gasteiger partial charge on any atom is -0.370 e. The zero-order valence-electron chi connectivity index (χ0n) is 11.9. The van der Waals surface area contributed by atoms with E-state index in [9.17, 15) is 0 Å². The van der Waals surface area contributed by atoms with Crippen LogP contribution in [-0.4, -0.2) is 16.5 Å². The van der Waals surface area contributed by atoms with Gasteiger partial charge < -0.3 is 10.6 Å². The van der Waals surface area contributed by atoms with Gasteiger partial charge in [0.1, 0.15) is 17.5 Å². The molecule has 0 spiro atoms. The summed E-state index contributed by atoms with van der Waals surface area (Å²) in [5.74, 6) is 3.05. The van der Waals surface area contributed by atoms with Crippen LogP contribution in [-0.2, 0) is 0 Å². The van der Waals surface area contributed by atoms with Crippen LogP contribution in [0.3, 0.4) is 0 Å². The van der Waals surface area contributed by atoms with Gasteiger partial charge in [-0.25, -0.2) is 9.97 Å². The van der Waals surface area contributed by atoms with Crippen molar-refractivity contribution in [2.75, 3.05) is 17.2 Å². The van der Waals surface area contributed by atoms with E-state index in [2.05, 4.69) is 26.7 Å². The van der Waals surface area contributed by atoms with Crippen molar-refractivity contribution in [3.63, 3.8) is 0 Å². The van der Waals surface area contributed by atoms with Gasteiger partial charge in [0.25, 0.3) is 0 Å². The zero-order valence-corrected chi connectivity index (χ0v) is 11.9. The van der Waals surface area contributed by atoms with Gasteiger partial charge in [0.2, 0.25) is 0 Å².